The lowest BCUT2D eigenvalue weighted by molar-refractivity contribution is -0.717. The van der Waals surface area contributed by atoms with Crippen LogP contribution in [0.15, 0.2) is 61.2 Å². The molecule has 1 aliphatic rings. The lowest BCUT2D eigenvalue weighted by Crippen LogP contribution is -3.00. The van der Waals surface area contributed by atoms with E-state index in [0.29, 0.717) is 12.1 Å². The summed E-state index contributed by atoms with van der Waals surface area (Å²) >= 11 is 0. The predicted molar refractivity (Wildman–Crippen MR) is 78.4 cm³/mol. The summed E-state index contributed by atoms with van der Waals surface area (Å²) in [5.41, 5.74) is 0. The van der Waals surface area contributed by atoms with Gasteiger partial charge >= 0.3 is 0 Å². The average Bonchev–Trinajstić information content (AvgIpc) is 2.51. The zero-order chi connectivity index (χ0) is 13.9. The van der Waals surface area contributed by atoms with E-state index < -0.39 is 0 Å². The Balaban J connectivity index is 0.00000121. The second-order valence-corrected chi connectivity index (χ2v) is 5.45. The second-order valence-electron chi connectivity index (χ2n) is 5.45. The van der Waals surface area contributed by atoms with Gasteiger partial charge in [-0.2, -0.15) is 10.0 Å². The number of halogens is 2. The predicted octanol–water partition coefficient (Wildman–Crippen LogP) is -5.36. The molecule has 2 aromatic rings. The first kappa shape index (κ1) is 18.5. The van der Waals surface area contributed by atoms with Gasteiger partial charge in [0.05, 0.1) is 13.1 Å². The van der Waals surface area contributed by atoms with E-state index in [4.69, 9.17) is 0 Å². The Kier molecular flexibility index (Phi) is 6.91. The van der Waals surface area contributed by atoms with Crippen molar-refractivity contribution in [3.63, 3.8) is 0 Å². The molecule has 22 heavy (non-hydrogen) atoms. The molecule has 0 aromatic carbocycles. The van der Waals surface area contributed by atoms with Crippen LogP contribution in [-0.2, 0) is 0 Å². The van der Waals surface area contributed by atoms with Crippen molar-refractivity contribution in [1.82, 2.24) is 0 Å². The number of hydrogen-bond donors (Lipinski definition) is 0. The molecular formula is C16H22Cl2N4. The highest BCUT2D eigenvalue weighted by Gasteiger charge is 2.37. The van der Waals surface area contributed by atoms with E-state index in [0.717, 1.165) is 13.1 Å². The number of aromatic nitrogens is 2. The van der Waals surface area contributed by atoms with Crippen LogP contribution in [0.4, 0.5) is 0 Å². The van der Waals surface area contributed by atoms with Gasteiger partial charge in [0.15, 0.2) is 24.8 Å². The molecule has 1 saturated heterocycles. The van der Waals surface area contributed by atoms with Crippen LogP contribution in [0.25, 0.3) is 0 Å². The minimum absolute atomic E-state index is 0. The molecule has 0 bridgehead atoms. The normalized spacial score (nSPS) is 20.8. The molecule has 120 valence electrons. The van der Waals surface area contributed by atoms with Gasteiger partial charge in [0.25, 0.3) is 0 Å². The summed E-state index contributed by atoms with van der Waals surface area (Å²) in [6.45, 7) is 6.58. The summed E-state index contributed by atoms with van der Waals surface area (Å²) in [4.78, 5) is 0. The lowest BCUT2D eigenvalue weighted by atomic mass is 10.1. The molecule has 1 fully saturated rings. The summed E-state index contributed by atoms with van der Waals surface area (Å²) in [6.07, 6.45) is 8.48. The fourth-order valence-corrected chi connectivity index (χ4v) is 2.86. The van der Waals surface area contributed by atoms with Crippen molar-refractivity contribution in [2.24, 2.45) is 0 Å². The number of nitrogens with zero attached hydrogens (tertiary/aromatic N) is 4. The molecule has 0 spiro atoms. The van der Waals surface area contributed by atoms with Crippen molar-refractivity contribution in [3.8, 4) is 0 Å². The van der Waals surface area contributed by atoms with E-state index in [2.05, 4.69) is 94.4 Å². The van der Waals surface area contributed by atoms with Gasteiger partial charge in [0.1, 0.15) is 12.1 Å². The van der Waals surface area contributed by atoms with Gasteiger partial charge in [-0.05, 0) is 13.8 Å². The third kappa shape index (κ3) is 3.81. The quantitative estimate of drug-likeness (QED) is 0.507. The van der Waals surface area contributed by atoms with Crippen LogP contribution in [0.1, 0.15) is 13.8 Å². The van der Waals surface area contributed by atoms with Crippen LogP contribution < -0.4 is 44.2 Å². The van der Waals surface area contributed by atoms with E-state index in [-0.39, 0.29) is 24.8 Å². The van der Waals surface area contributed by atoms with Crippen molar-refractivity contribution in [1.29, 1.82) is 0 Å². The number of piperazine rings is 1. The van der Waals surface area contributed by atoms with Crippen LogP contribution in [0, 0.1) is 0 Å². The Morgan fingerprint density at radius 1 is 0.636 bits per heavy atom. The first-order valence-corrected chi connectivity index (χ1v) is 7.22. The average molecular weight is 341 g/mol. The highest BCUT2D eigenvalue weighted by atomic mass is 35.5. The first-order chi connectivity index (χ1) is 9.75. The summed E-state index contributed by atoms with van der Waals surface area (Å²) < 4.78 is 4.41. The molecule has 1 aliphatic heterocycles. The number of rotatable bonds is 2. The molecule has 2 atom stereocenters. The van der Waals surface area contributed by atoms with Crippen molar-refractivity contribution in [2.75, 3.05) is 23.1 Å². The largest absolute Gasteiger partial charge is 1.00 e. The summed E-state index contributed by atoms with van der Waals surface area (Å²) in [6, 6.07) is 13.4. The van der Waals surface area contributed by atoms with Crippen LogP contribution in [0.3, 0.4) is 0 Å². The summed E-state index contributed by atoms with van der Waals surface area (Å²) in [7, 11) is 0. The van der Waals surface area contributed by atoms with Gasteiger partial charge < -0.3 is 24.8 Å². The maximum absolute atomic E-state index is 2.42. The van der Waals surface area contributed by atoms with Crippen molar-refractivity contribution < 1.29 is 34.2 Å². The maximum atomic E-state index is 2.42. The van der Waals surface area contributed by atoms with Crippen LogP contribution >= 0.6 is 0 Å². The fraction of sp³-hybridized carbons (Fsp3) is 0.375. The Morgan fingerprint density at radius 2 is 0.955 bits per heavy atom. The molecule has 0 N–H and O–H groups in total. The SMILES string of the molecule is CC1CN([n+]2ccccc2)C(C)CN1[n+]1ccccc1.[Cl-].[Cl-]. The van der Waals surface area contributed by atoms with Crippen molar-refractivity contribution in [2.45, 2.75) is 25.9 Å². The molecule has 3 heterocycles. The second kappa shape index (κ2) is 8.20. The first-order valence-electron chi connectivity index (χ1n) is 7.22. The molecule has 0 radical (unpaired) electrons. The zero-order valence-corrected chi connectivity index (χ0v) is 14.4. The van der Waals surface area contributed by atoms with Crippen molar-refractivity contribution in [3.05, 3.63) is 61.2 Å². The Hall–Kier alpha value is -1.52. The van der Waals surface area contributed by atoms with E-state index in [1.165, 1.54) is 0 Å². The highest BCUT2D eigenvalue weighted by Crippen LogP contribution is 2.07. The molecule has 0 amide bonds. The lowest BCUT2D eigenvalue weighted by Gasteiger charge is -2.37. The van der Waals surface area contributed by atoms with Crippen LogP contribution in [0.2, 0.25) is 0 Å². The smallest absolute Gasteiger partial charge is 0.199 e. The molecule has 4 nitrogen and oxygen atoms in total. The third-order valence-electron chi connectivity index (χ3n) is 3.91. The van der Waals surface area contributed by atoms with Crippen LogP contribution in [0.5, 0.6) is 0 Å². The molecular weight excluding hydrogens is 319 g/mol. The fourth-order valence-electron chi connectivity index (χ4n) is 2.86. The Labute approximate surface area is 144 Å². The topological polar surface area (TPSA) is 14.2 Å². The molecule has 3 rings (SSSR count). The molecule has 0 aliphatic carbocycles. The number of hydrogen-bond acceptors (Lipinski definition) is 2. The van der Waals surface area contributed by atoms with Gasteiger partial charge in [-0.3, -0.25) is 0 Å². The minimum Gasteiger partial charge on any atom is -1.00 e. The van der Waals surface area contributed by atoms with Crippen LogP contribution in [-0.4, -0.2) is 25.2 Å². The van der Waals surface area contributed by atoms with Gasteiger partial charge in [0.2, 0.25) is 0 Å². The van der Waals surface area contributed by atoms with E-state index in [9.17, 15) is 0 Å². The molecule has 2 aromatic heterocycles. The maximum Gasteiger partial charge on any atom is 0.199 e. The van der Waals surface area contributed by atoms with Gasteiger partial charge in [-0.1, -0.05) is 21.5 Å². The monoisotopic (exact) mass is 340 g/mol. The van der Waals surface area contributed by atoms with E-state index in [1.807, 2.05) is 0 Å². The zero-order valence-electron chi connectivity index (χ0n) is 12.9. The Morgan fingerprint density at radius 3 is 1.27 bits per heavy atom. The molecule has 6 heteroatoms. The van der Waals surface area contributed by atoms with Crippen molar-refractivity contribution >= 4 is 0 Å². The molecule has 0 saturated carbocycles. The van der Waals surface area contributed by atoms with E-state index in [1.54, 1.807) is 0 Å². The van der Waals surface area contributed by atoms with Gasteiger partial charge in [0, 0.05) is 24.3 Å². The molecule has 2 unspecified atom stereocenters. The van der Waals surface area contributed by atoms with E-state index >= 15 is 0 Å². The van der Waals surface area contributed by atoms with Gasteiger partial charge in [-0.15, -0.1) is 0 Å². The third-order valence-corrected chi connectivity index (χ3v) is 3.91. The highest BCUT2D eigenvalue weighted by molar-refractivity contribution is 5.02. The number of pyridine rings is 2. The standard InChI is InChI=1S/C16H22N4.2ClH/c1-15-13-20(18-11-7-4-8-12-18)16(2)14-19(15)17-9-5-3-6-10-17;;/h3-12,15-16H,13-14H2,1-2H3;2*1H/q+2;;/p-2. The summed E-state index contributed by atoms with van der Waals surface area (Å²) in [5.74, 6) is 0. The summed E-state index contributed by atoms with van der Waals surface area (Å²) in [5, 5.41) is 4.84. The Bertz CT molecular complexity index is 501. The minimum atomic E-state index is 0. The van der Waals surface area contributed by atoms with Gasteiger partial charge in [-0.25, -0.2) is 0 Å².